The van der Waals surface area contributed by atoms with E-state index >= 15 is 0 Å². The quantitative estimate of drug-likeness (QED) is 0.269. The molecule has 0 nitrogen and oxygen atoms in total. The van der Waals surface area contributed by atoms with E-state index < -0.39 is 0 Å². The molecule has 0 aliphatic heterocycles. The minimum Gasteiger partial charge on any atom is -0.168 e. The van der Waals surface area contributed by atoms with E-state index in [1.54, 1.807) is 0 Å². The fourth-order valence-corrected chi connectivity index (χ4v) is 1.52. The summed E-state index contributed by atoms with van der Waals surface area (Å²) in [7, 11) is 0. The van der Waals surface area contributed by atoms with Gasteiger partial charge in [0.25, 0.3) is 0 Å². The summed E-state index contributed by atoms with van der Waals surface area (Å²) in [5, 5.41) is 2.78. The Morgan fingerprint density at radius 2 is 1.71 bits per heavy atom. The zero-order valence-corrected chi connectivity index (χ0v) is 16.2. The first-order valence-corrected chi connectivity index (χ1v) is 4.05. The predicted molar refractivity (Wildman–Crippen MR) is 79.7 cm³/mol. The first-order chi connectivity index (χ1) is 5.42. The summed E-state index contributed by atoms with van der Waals surface area (Å²) >= 11 is 0. The largest absolute Gasteiger partial charge is 0.168 e. The number of benzene rings is 1. The van der Waals surface area contributed by atoms with E-state index in [1.165, 1.54) is 16.3 Å². The van der Waals surface area contributed by atoms with Crippen LogP contribution in [0.15, 0.2) is 36.4 Å². The maximum Gasteiger partial charge on any atom is 0 e. The zero-order chi connectivity index (χ0) is 7.68. The van der Waals surface area contributed by atoms with Gasteiger partial charge in [0.05, 0.1) is 0 Å². The van der Waals surface area contributed by atoms with Crippen molar-refractivity contribution >= 4 is 58.7 Å². The van der Waals surface area contributed by atoms with Gasteiger partial charge in [-0.25, -0.2) is 0 Å². The van der Waals surface area contributed by atoms with E-state index in [1.807, 2.05) is 0 Å². The molecule has 0 saturated heterocycles. The van der Waals surface area contributed by atoms with Crippen LogP contribution in [0.1, 0.15) is 12.5 Å². The monoisotopic (exact) mass is 579 g/mol. The van der Waals surface area contributed by atoms with E-state index in [2.05, 4.69) is 43.3 Å². The molecule has 0 amide bonds. The molecule has 0 aliphatic rings. The molecule has 2 aromatic rings. The van der Waals surface area contributed by atoms with Crippen LogP contribution < -0.4 is 0 Å². The second kappa shape index (κ2) is 8.33. The van der Waals surface area contributed by atoms with Crippen molar-refractivity contribution in [1.29, 1.82) is 0 Å². The fourth-order valence-electron chi connectivity index (χ4n) is 1.52. The van der Waals surface area contributed by atoms with Crippen LogP contribution in [0.4, 0.5) is 0 Å². The summed E-state index contributed by atoms with van der Waals surface area (Å²) in [6.45, 7) is 2.20. The van der Waals surface area contributed by atoms with E-state index in [4.69, 9.17) is 0 Å². The number of hydrogen-bond acceptors (Lipinski definition) is 0. The van der Waals surface area contributed by atoms with Crippen LogP contribution in [0.25, 0.3) is 10.8 Å². The summed E-state index contributed by atoms with van der Waals surface area (Å²) in [6.07, 6.45) is 1.13. The molecule has 0 unspecified atom stereocenters. The molecule has 0 atom stereocenters. The Balaban J connectivity index is 0. The molecule has 3 heteroatoms. The van der Waals surface area contributed by atoms with Gasteiger partial charge in [-0.15, -0.1) is 88.6 Å². The van der Waals surface area contributed by atoms with Gasteiger partial charge in [-0.2, -0.15) is 6.07 Å². The smallest absolute Gasteiger partial charge is 0 e. The number of halogens is 2. The van der Waals surface area contributed by atoms with Gasteiger partial charge in [0.2, 0.25) is 0 Å². The molecule has 0 saturated carbocycles. The summed E-state index contributed by atoms with van der Waals surface area (Å²) in [5.41, 5.74) is 1.46. The van der Waals surface area contributed by atoms with Crippen LogP contribution in [0.3, 0.4) is 0 Å². The van der Waals surface area contributed by atoms with E-state index in [-0.39, 0.29) is 73.8 Å². The Hall–Kier alpha value is 1.16. The van der Waals surface area contributed by atoms with Crippen molar-refractivity contribution in [3.05, 3.63) is 42.0 Å². The molecule has 76 valence electrons. The van der Waals surface area contributed by atoms with E-state index in [9.17, 15) is 0 Å². The first kappa shape index (κ1) is 17.6. The summed E-state index contributed by atoms with van der Waals surface area (Å²) in [6, 6.07) is 12.9. The standard InChI is InChI=1S/C11H11.Hf.2HI/c1-2-9-7-8-10-5-3-4-6-11(9)10;;;/h3-8H,2H2,1H3;;2*1H/q-1;;;. The SMILES string of the molecule is CC[c-]1ccc2ccccc21.I.I.[Hf]. The Morgan fingerprint density at radius 1 is 1.07 bits per heavy atom. The number of aryl methyl sites for hydroxylation is 1. The van der Waals surface area contributed by atoms with Crippen molar-refractivity contribution in [3.8, 4) is 0 Å². The Morgan fingerprint density at radius 3 is 2.36 bits per heavy atom. The Labute approximate surface area is 138 Å². The first-order valence-electron chi connectivity index (χ1n) is 4.05. The van der Waals surface area contributed by atoms with Crippen LogP contribution in [-0.2, 0) is 32.3 Å². The second-order valence-electron chi connectivity index (χ2n) is 2.80. The van der Waals surface area contributed by atoms with E-state index in [0.717, 1.165) is 6.42 Å². The normalized spacial score (nSPS) is 8.36. The van der Waals surface area contributed by atoms with Gasteiger partial charge in [0.15, 0.2) is 0 Å². The van der Waals surface area contributed by atoms with Crippen molar-refractivity contribution in [1.82, 2.24) is 0 Å². The van der Waals surface area contributed by atoms with Gasteiger partial charge in [-0.3, -0.25) is 0 Å². The molecule has 0 N–H and O–H groups in total. The molecule has 2 aromatic carbocycles. The molecular weight excluding hydrogens is 564 g/mol. The molecule has 14 heavy (non-hydrogen) atoms. The number of rotatable bonds is 1. The molecule has 0 bridgehead atoms. The molecule has 0 heterocycles. The third kappa shape index (κ3) is 3.63. The maximum atomic E-state index is 2.21. The van der Waals surface area contributed by atoms with Crippen molar-refractivity contribution < 1.29 is 25.8 Å². The summed E-state index contributed by atoms with van der Waals surface area (Å²) in [4.78, 5) is 0. The van der Waals surface area contributed by atoms with Gasteiger partial charge in [-0.05, 0) is 0 Å². The van der Waals surface area contributed by atoms with Crippen molar-refractivity contribution in [3.63, 3.8) is 0 Å². The van der Waals surface area contributed by atoms with Gasteiger partial charge in [0.1, 0.15) is 0 Å². The van der Waals surface area contributed by atoms with Gasteiger partial charge in [-0.1, -0.05) is 19.4 Å². The van der Waals surface area contributed by atoms with Crippen molar-refractivity contribution in [2.45, 2.75) is 13.3 Å². The second-order valence-corrected chi connectivity index (χ2v) is 2.80. The van der Waals surface area contributed by atoms with Gasteiger partial charge < -0.3 is 0 Å². The van der Waals surface area contributed by atoms with Crippen molar-refractivity contribution in [2.75, 3.05) is 0 Å². The van der Waals surface area contributed by atoms with Crippen LogP contribution in [-0.4, -0.2) is 0 Å². The van der Waals surface area contributed by atoms with Crippen LogP contribution >= 0.6 is 48.0 Å². The Kier molecular flexibility index (Phi) is 10.4. The Bertz CT molecular complexity index is 368. The minimum absolute atomic E-state index is 0. The molecule has 0 radical (unpaired) electrons. The molecule has 2 rings (SSSR count). The molecule has 0 aliphatic carbocycles. The van der Waals surface area contributed by atoms with Gasteiger partial charge >= 0.3 is 0 Å². The average molecular weight is 578 g/mol. The zero-order valence-electron chi connectivity index (χ0n) is 7.99. The molecule has 0 spiro atoms. The van der Waals surface area contributed by atoms with Crippen molar-refractivity contribution in [2.24, 2.45) is 0 Å². The molecular formula is C11H13HfI2-. The topological polar surface area (TPSA) is 0 Å². The summed E-state index contributed by atoms with van der Waals surface area (Å²) < 4.78 is 0. The third-order valence-electron chi connectivity index (χ3n) is 2.15. The minimum atomic E-state index is 0. The number of hydrogen-bond donors (Lipinski definition) is 0. The van der Waals surface area contributed by atoms with Gasteiger partial charge in [0, 0.05) is 25.8 Å². The number of fused-ring (bicyclic) bond motifs is 1. The van der Waals surface area contributed by atoms with Crippen LogP contribution in [0, 0.1) is 0 Å². The molecule has 0 fully saturated rings. The predicted octanol–water partition coefficient (Wildman–Crippen LogP) is 4.35. The van der Waals surface area contributed by atoms with Crippen LogP contribution in [0.5, 0.6) is 0 Å². The van der Waals surface area contributed by atoms with E-state index in [0.29, 0.717) is 0 Å². The third-order valence-corrected chi connectivity index (χ3v) is 2.15. The summed E-state index contributed by atoms with van der Waals surface area (Å²) in [5.74, 6) is 0. The average Bonchev–Trinajstić information content (AvgIpc) is 2.47. The molecule has 0 aromatic heterocycles. The maximum absolute atomic E-state index is 2.21. The van der Waals surface area contributed by atoms with Crippen LogP contribution in [0.2, 0.25) is 0 Å². The fraction of sp³-hybridized carbons (Fsp3) is 0.182.